The standard InChI is InChI=1S/C8H5ClFN/c1-5-2-7(9)8(10)3-6(5)4-11/h2-3H,1H3. The van der Waals surface area contributed by atoms with Gasteiger partial charge in [0.05, 0.1) is 16.7 Å². The molecular formula is C8H5ClFN. The Morgan fingerprint density at radius 3 is 2.73 bits per heavy atom. The van der Waals surface area contributed by atoms with Crippen molar-refractivity contribution < 1.29 is 4.39 Å². The van der Waals surface area contributed by atoms with Crippen LogP contribution >= 0.6 is 11.6 Å². The zero-order valence-electron chi connectivity index (χ0n) is 5.86. The summed E-state index contributed by atoms with van der Waals surface area (Å²) < 4.78 is 12.7. The molecule has 0 saturated heterocycles. The Morgan fingerprint density at radius 1 is 1.55 bits per heavy atom. The Balaban J connectivity index is 3.35. The summed E-state index contributed by atoms with van der Waals surface area (Å²) in [5, 5.41) is 8.53. The second kappa shape index (κ2) is 2.89. The zero-order chi connectivity index (χ0) is 8.43. The molecule has 0 N–H and O–H groups in total. The lowest BCUT2D eigenvalue weighted by atomic mass is 10.1. The molecule has 0 heterocycles. The maximum absolute atomic E-state index is 12.7. The van der Waals surface area contributed by atoms with Gasteiger partial charge in [0.25, 0.3) is 0 Å². The molecule has 1 aromatic carbocycles. The molecule has 0 amide bonds. The molecule has 0 fully saturated rings. The van der Waals surface area contributed by atoms with Gasteiger partial charge in [-0.1, -0.05) is 11.6 Å². The number of rotatable bonds is 0. The third-order valence-corrected chi connectivity index (χ3v) is 1.68. The first kappa shape index (κ1) is 8.03. The molecule has 1 nitrogen and oxygen atoms in total. The molecule has 0 aliphatic heterocycles. The summed E-state index contributed by atoms with van der Waals surface area (Å²) in [6.45, 7) is 1.71. The molecule has 0 bridgehead atoms. The Hall–Kier alpha value is -1.07. The summed E-state index contributed by atoms with van der Waals surface area (Å²) in [7, 11) is 0. The molecule has 0 aliphatic carbocycles. The number of aryl methyl sites for hydroxylation is 1. The summed E-state index contributed by atoms with van der Waals surface area (Å²) in [6, 6.07) is 4.44. The summed E-state index contributed by atoms with van der Waals surface area (Å²) in [5.41, 5.74) is 1.02. The highest BCUT2D eigenvalue weighted by atomic mass is 35.5. The van der Waals surface area contributed by atoms with Crippen LogP contribution in [0.3, 0.4) is 0 Å². The van der Waals surface area contributed by atoms with E-state index in [2.05, 4.69) is 0 Å². The lowest BCUT2D eigenvalue weighted by molar-refractivity contribution is 0.627. The third kappa shape index (κ3) is 1.50. The van der Waals surface area contributed by atoms with Gasteiger partial charge >= 0.3 is 0 Å². The number of halogens is 2. The molecule has 1 rings (SSSR count). The van der Waals surface area contributed by atoms with E-state index < -0.39 is 5.82 Å². The van der Waals surface area contributed by atoms with Gasteiger partial charge in [-0.25, -0.2) is 4.39 Å². The first-order valence-electron chi connectivity index (χ1n) is 3.01. The summed E-state index contributed by atoms with van der Waals surface area (Å²) in [5.74, 6) is -0.547. The van der Waals surface area contributed by atoms with Crippen LogP contribution in [0.5, 0.6) is 0 Å². The van der Waals surface area contributed by atoms with Crippen LogP contribution in [-0.4, -0.2) is 0 Å². The Labute approximate surface area is 69.0 Å². The molecule has 0 atom stereocenters. The van der Waals surface area contributed by atoms with Crippen LogP contribution in [-0.2, 0) is 0 Å². The van der Waals surface area contributed by atoms with Crippen LogP contribution in [0.2, 0.25) is 5.02 Å². The number of hydrogen-bond donors (Lipinski definition) is 0. The van der Waals surface area contributed by atoms with Gasteiger partial charge in [0.1, 0.15) is 5.82 Å². The number of nitrogens with zero attached hydrogens (tertiary/aromatic N) is 1. The highest BCUT2D eigenvalue weighted by Crippen LogP contribution is 2.18. The smallest absolute Gasteiger partial charge is 0.143 e. The van der Waals surface area contributed by atoms with E-state index in [9.17, 15) is 4.39 Å². The lowest BCUT2D eigenvalue weighted by Crippen LogP contribution is -1.85. The fraction of sp³-hybridized carbons (Fsp3) is 0.125. The first-order chi connectivity index (χ1) is 5.15. The van der Waals surface area contributed by atoms with Crippen molar-refractivity contribution in [2.24, 2.45) is 0 Å². The first-order valence-corrected chi connectivity index (χ1v) is 3.38. The Kier molecular flexibility index (Phi) is 2.11. The molecule has 0 aliphatic rings. The molecule has 11 heavy (non-hydrogen) atoms. The van der Waals surface area contributed by atoms with E-state index in [1.165, 1.54) is 6.07 Å². The van der Waals surface area contributed by atoms with E-state index in [0.29, 0.717) is 11.1 Å². The van der Waals surface area contributed by atoms with E-state index in [1.807, 2.05) is 6.07 Å². The van der Waals surface area contributed by atoms with Gasteiger partial charge in [0.2, 0.25) is 0 Å². The van der Waals surface area contributed by atoms with Gasteiger partial charge in [0.15, 0.2) is 0 Å². The van der Waals surface area contributed by atoms with Crippen LogP contribution in [0.25, 0.3) is 0 Å². The fourth-order valence-corrected chi connectivity index (χ4v) is 0.985. The monoisotopic (exact) mass is 169 g/mol. The summed E-state index contributed by atoms with van der Waals surface area (Å²) in [6.07, 6.45) is 0. The molecule has 0 aromatic heterocycles. The normalized spacial score (nSPS) is 9.27. The quantitative estimate of drug-likeness (QED) is 0.586. The predicted molar refractivity (Wildman–Crippen MR) is 40.9 cm³/mol. The molecular weight excluding hydrogens is 165 g/mol. The van der Waals surface area contributed by atoms with Gasteiger partial charge in [-0.15, -0.1) is 0 Å². The van der Waals surface area contributed by atoms with E-state index in [-0.39, 0.29) is 5.02 Å². The van der Waals surface area contributed by atoms with E-state index in [1.54, 1.807) is 6.92 Å². The van der Waals surface area contributed by atoms with Crippen LogP contribution in [0.15, 0.2) is 12.1 Å². The minimum atomic E-state index is -0.547. The largest absolute Gasteiger partial charge is 0.205 e. The maximum atomic E-state index is 12.7. The van der Waals surface area contributed by atoms with Crippen molar-refractivity contribution in [3.05, 3.63) is 34.1 Å². The second-order valence-electron chi connectivity index (χ2n) is 2.19. The molecule has 0 saturated carbocycles. The van der Waals surface area contributed by atoms with E-state index in [0.717, 1.165) is 6.07 Å². The van der Waals surface area contributed by atoms with Crippen molar-refractivity contribution in [3.8, 4) is 6.07 Å². The van der Waals surface area contributed by atoms with Crippen LogP contribution < -0.4 is 0 Å². The summed E-state index contributed by atoms with van der Waals surface area (Å²) >= 11 is 5.46. The minimum absolute atomic E-state index is 0.0569. The van der Waals surface area contributed by atoms with Gasteiger partial charge in [-0.3, -0.25) is 0 Å². The van der Waals surface area contributed by atoms with Gasteiger partial charge in [-0.05, 0) is 24.6 Å². The van der Waals surface area contributed by atoms with Crippen molar-refractivity contribution in [2.75, 3.05) is 0 Å². The fourth-order valence-electron chi connectivity index (χ4n) is 0.767. The number of hydrogen-bond acceptors (Lipinski definition) is 1. The Morgan fingerprint density at radius 2 is 2.18 bits per heavy atom. The summed E-state index contributed by atoms with van der Waals surface area (Å²) in [4.78, 5) is 0. The van der Waals surface area contributed by atoms with Gasteiger partial charge < -0.3 is 0 Å². The predicted octanol–water partition coefficient (Wildman–Crippen LogP) is 2.66. The van der Waals surface area contributed by atoms with Crippen molar-refractivity contribution in [2.45, 2.75) is 6.92 Å². The molecule has 0 unspecified atom stereocenters. The molecule has 0 spiro atoms. The van der Waals surface area contributed by atoms with Crippen LogP contribution in [0.1, 0.15) is 11.1 Å². The second-order valence-corrected chi connectivity index (χ2v) is 2.60. The average molecular weight is 170 g/mol. The average Bonchev–Trinajstić information content (AvgIpc) is 1.97. The SMILES string of the molecule is Cc1cc(Cl)c(F)cc1C#N. The third-order valence-electron chi connectivity index (χ3n) is 1.39. The highest BCUT2D eigenvalue weighted by molar-refractivity contribution is 6.30. The number of nitriles is 1. The van der Waals surface area contributed by atoms with Crippen molar-refractivity contribution in [1.29, 1.82) is 5.26 Å². The van der Waals surface area contributed by atoms with Crippen molar-refractivity contribution in [1.82, 2.24) is 0 Å². The Bertz CT molecular complexity index is 328. The van der Waals surface area contributed by atoms with Crippen LogP contribution in [0.4, 0.5) is 4.39 Å². The van der Waals surface area contributed by atoms with E-state index >= 15 is 0 Å². The maximum Gasteiger partial charge on any atom is 0.143 e. The molecule has 1 aromatic rings. The molecule has 3 heteroatoms. The van der Waals surface area contributed by atoms with Crippen molar-refractivity contribution in [3.63, 3.8) is 0 Å². The van der Waals surface area contributed by atoms with Gasteiger partial charge in [-0.2, -0.15) is 5.26 Å². The lowest BCUT2D eigenvalue weighted by Gasteiger charge is -1.97. The zero-order valence-corrected chi connectivity index (χ0v) is 6.61. The highest BCUT2D eigenvalue weighted by Gasteiger charge is 2.03. The molecule has 56 valence electrons. The van der Waals surface area contributed by atoms with Crippen LogP contribution in [0, 0.1) is 24.1 Å². The number of benzene rings is 1. The van der Waals surface area contributed by atoms with Crippen molar-refractivity contribution >= 4 is 11.6 Å². The van der Waals surface area contributed by atoms with E-state index in [4.69, 9.17) is 16.9 Å². The minimum Gasteiger partial charge on any atom is -0.205 e. The topological polar surface area (TPSA) is 23.8 Å². The van der Waals surface area contributed by atoms with Gasteiger partial charge in [0, 0.05) is 0 Å². The molecule has 0 radical (unpaired) electrons.